The average Bonchev–Trinajstić information content (AvgIpc) is 2.65. The van der Waals surface area contributed by atoms with Crippen molar-refractivity contribution in [3.63, 3.8) is 0 Å². The van der Waals surface area contributed by atoms with E-state index in [9.17, 15) is 0 Å². The van der Waals surface area contributed by atoms with Crippen LogP contribution in [-0.2, 0) is 0 Å². The Kier molecular flexibility index (Phi) is 4.60. The van der Waals surface area contributed by atoms with E-state index in [1.165, 1.54) is 43.5 Å². The van der Waals surface area contributed by atoms with Gasteiger partial charge in [0.1, 0.15) is 0 Å². The van der Waals surface area contributed by atoms with E-state index in [-0.39, 0.29) is 0 Å². The van der Waals surface area contributed by atoms with Gasteiger partial charge in [-0.25, -0.2) is 4.98 Å². The molecule has 2 aromatic rings. The zero-order chi connectivity index (χ0) is 14.7. The Hall–Kier alpha value is -1.33. The number of rotatable bonds is 4. The minimum atomic E-state index is 0.821. The number of nitrogens with two attached hydrogens (primary N) is 1. The van der Waals surface area contributed by atoms with Gasteiger partial charge >= 0.3 is 0 Å². The number of nitrogens with one attached hydrogen (secondary N) is 1. The van der Waals surface area contributed by atoms with Gasteiger partial charge in [-0.1, -0.05) is 12.8 Å². The maximum absolute atomic E-state index is 6.14. The Balaban J connectivity index is 1.60. The van der Waals surface area contributed by atoms with Gasteiger partial charge in [0.15, 0.2) is 0 Å². The molecule has 0 bridgehead atoms. The molecular formula is C16H24N4S. The van der Waals surface area contributed by atoms with Crippen molar-refractivity contribution in [2.75, 3.05) is 37.2 Å². The number of likely N-dealkylation sites (tertiary alicyclic amines) is 1. The Morgan fingerprint density at radius 2 is 2.00 bits per heavy atom. The lowest BCUT2D eigenvalue weighted by Crippen LogP contribution is -2.30. The van der Waals surface area contributed by atoms with Gasteiger partial charge in [0.25, 0.3) is 0 Å². The highest BCUT2D eigenvalue weighted by Crippen LogP contribution is 2.29. The molecule has 5 heteroatoms. The molecule has 1 aromatic carbocycles. The average molecular weight is 304 g/mol. The number of thiazole rings is 1. The first-order valence-electron chi connectivity index (χ1n) is 7.85. The van der Waals surface area contributed by atoms with Crippen LogP contribution in [0.25, 0.3) is 10.2 Å². The molecular weight excluding hydrogens is 280 g/mol. The van der Waals surface area contributed by atoms with Gasteiger partial charge < -0.3 is 16.0 Å². The highest BCUT2D eigenvalue weighted by Gasteiger charge is 2.09. The van der Waals surface area contributed by atoms with Crippen LogP contribution < -0.4 is 11.1 Å². The zero-order valence-corrected chi connectivity index (χ0v) is 13.5. The second kappa shape index (κ2) is 6.62. The Morgan fingerprint density at radius 1 is 1.24 bits per heavy atom. The number of benzene rings is 1. The summed E-state index contributed by atoms with van der Waals surface area (Å²) < 4.78 is 1.17. The summed E-state index contributed by atoms with van der Waals surface area (Å²) in [6.45, 7) is 6.54. The number of aryl methyl sites for hydroxylation is 1. The predicted molar refractivity (Wildman–Crippen MR) is 92.2 cm³/mol. The number of fused-ring (bicyclic) bond motifs is 1. The van der Waals surface area contributed by atoms with Crippen molar-refractivity contribution in [2.24, 2.45) is 0 Å². The first-order chi connectivity index (χ1) is 10.2. The number of anilines is 2. The van der Waals surface area contributed by atoms with E-state index in [4.69, 9.17) is 5.73 Å². The van der Waals surface area contributed by atoms with Crippen LogP contribution in [0.5, 0.6) is 0 Å². The van der Waals surface area contributed by atoms with Crippen molar-refractivity contribution in [3.05, 3.63) is 17.1 Å². The van der Waals surface area contributed by atoms with E-state index in [0.717, 1.165) is 35.0 Å². The minimum absolute atomic E-state index is 0.821. The van der Waals surface area contributed by atoms with Crippen LogP contribution in [0.1, 0.15) is 30.7 Å². The van der Waals surface area contributed by atoms with Gasteiger partial charge in [0.05, 0.1) is 26.6 Å². The largest absolute Gasteiger partial charge is 0.397 e. The summed E-state index contributed by atoms with van der Waals surface area (Å²) in [4.78, 5) is 7.10. The third kappa shape index (κ3) is 3.66. The van der Waals surface area contributed by atoms with E-state index in [0.29, 0.717) is 0 Å². The van der Waals surface area contributed by atoms with Crippen molar-refractivity contribution >= 4 is 32.9 Å². The molecule has 1 aromatic heterocycles. The quantitative estimate of drug-likeness (QED) is 0.849. The summed E-state index contributed by atoms with van der Waals surface area (Å²) >= 11 is 1.70. The van der Waals surface area contributed by atoms with E-state index < -0.39 is 0 Å². The monoisotopic (exact) mass is 304 g/mol. The standard InChI is InChI=1S/C16H24N4S/c1-12-19-15-11-14(13(17)10-16(15)21-12)18-6-9-20-7-4-2-3-5-8-20/h10-11,18H,2-9,17H2,1H3. The fourth-order valence-corrected chi connectivity index (χ4v) is 3.82. The van der Waals surface area contributed by atoms with Gasteiger partial charge in [-0.15, -0.1) is 11.3 Å². The van der Waals surface area contributed by atoms with Crippen LogP contribution >= 0.6 is 11.3 Å². The lowest BCUT2D eigenvalue weighted by Gasteiger charge is -2.20. The van der Waals surface area contributed by atoms with Crippen LogP contribution in [0, 0.1) is 6.92 Å². The molecule has 1 aliphatic heterocycles. The molecule has 1 saturated heterocycles. The molecule has 0 atom stereocenters. The second-order valence-corrected chi connectivity index (χ2v) is 7.06. The molecule has 1 fully saturated rings. The van der Waals surface area contributed by atoms with Gasteiger partial charge in [-0.05, 0) is 45.0 Å². The molecule has 114 valence electrons. The molecule has 21 heavy (non-hydrogen) atoms. The van der Waals surface area contributed by atoms with Gasteiger partial charge in [-0.2, -0.15) is 0 Å². The first kappa shape index (κ1) is 14.6. The zero-order valence-electron chi connectivity index (χ0n) is 12.7. The lowest BCUT2D eigenvalue weighted by molar-refractivity contribution is 0.296. The Labute approximate surface area is 130 Å². The van der Waals surface area contributed by atoms with Crippen molar-refractivity contribution in [1.82, 2.24) is 9.88 Å². The maximum Gasteiger partial charge on any atom is 0.0907 e. The number of aromatic nitrogens is 1. The fourth-order valence-electron chi connectivity index (χ4n) is 2.97. The molecule has 2 heterocycles. The Morgan fingerprint density at radius 3 is 2.76 bits per heavy atom. The van der Waals surface area contributed by atoms with Crippen LogP contribution in [0.15, 0.2) is 12.1 Å². The van der Waals surface area contributed by atoms with E-state index >= 15 is 0 Å². The topological polar surface area (TPSA) is 54.2 Å². The number of hydrogen-bond acceptors (Lipinski definition) is 5. The van der Waals surface area contributed by atoms with Gasteiger partial charge in [-0.3, -0.25) is 0 Å². The van der Waals surface area contributed by atoms with Crippen molar-refractivity contribution in [2.45, 2.75) is 32.6 Å². The van der Waals surface area contributed by atoms with Crippen LogP contribution in [0.2, 0.25) is 0 Å². The summed E-state index contributed by atoms with van der Waals surface area (Å²) in [5.41, 5.74) is 9.03. The van der Waals surface area contributed by atoms with Crippen LogP contribution in [0.4, 0.5) is 11.4 Å². The predicted octanol–water partition coefficient (Wildman–Crippen LogP) is 3.47. The highest BCUT2D eigenvalue weighted by molar-refractivity contribution is 7.18. The molecule has 0 aliphatic carbocycles. The molecule has 0 saturated carbocycles. The van der Waals surface area contributed by atoms with Crippen LogP contribution in [-0.4, -0.2) is 36.1 Å². The summed E-state index contributed by atoms with van der Waals surface area (Å²) in [5, 5.41) is 4.57. The second-order valence-electron chi connectivity index (χ2n) is 5.82. The first-order valence-corrected chi connectivity index (χ1v) is 8.67. The normalized spacial score (nSPS) is 17.0. The smallest absolute Gasteiger partial charge is 0.0907 e. The summed E-state index contributed by atoms with van der Waals surface area (Å²) in [6.07, 6.45) is 5.45. The fraction of sp³-hybridized carbons (Fsp3) is 0.562. The number of hydrogen-bond donors (Lipinski definition) is 2. The molecule has 3 rings (SSSR count). The summed E-state index contributed by atoms with van der Waals surface area (Å²) in [6, 6.07) is 4.12. The highest BCUT2D eigenvalue weighted by atomic mass is 32.1. The number of nitrogen functional groups attached to an aromatic ring is 1. The van der Waals surface area contributed by atoms with E-state index in [1.54, 1.807) is 11.3 Å². The lowest BCUT2D eigenvalue weighted by atomic mass is 10.2. The third-order valence-electron chi connectivity index (χ3n) is 4.11. The van der Waals surface area contributed by atoms with Gasteiger partial charge in [0.2, 0.25) is 0 Å². The maximum atomic E-state index is 6.14. The van der Waals surface area contributed by atoms with E-state index in [2.05, 4.69) is 21.3 Å². The van der Waals surface area contributed by atoms with Crippen molar-refractivity contribution < 1.29 is 0 Å². The minimum Gasteiger partial charge on any atom is -0.397 e. The van der Waals surface area contributed by atoms with E-state index in [1.807, 2.05) is 13.0 Å². The third-order valence-corrected chi connectivity index (χ3v) is 5.04. The summed E-state index contributed by atoms with van der Waals surface area (Å²) in [7, 11) is 0. The molecule has 0 unspecified atom stereocenters. The Bertz CT molecular complexity index is 600. The number of nitrogens with zero attached hydrogens (tertiary/aromatic N) is 2. The molecule has 0 spiro atoms. The van der Waals surface area contributed by atoms with Crippen molar-refractivity contribution in [3.8, 4) is 0 Å². The summed E-state index contributed by atoms with van der Waals surface area (Å²) in [5.74, 6) is 0. The molecule has 3 N–H and O–H groups in total. The van der Waals surface area contributed by atoms with Crippen LogP contribution in [0.3, 0.4) is 0 Å². The molecule has 1 aliphatic rings. The van der Waals surface area contributed by atoms with Crippen molar-refractivity contribution in [1.29, 1.82) is 0 Å². The molecule has 0 radical (unpaired) electrons. The van der Waals surface area contributed by atoms with Gasteiger partial charge in [0, 0.05) is 13.1 Å². The molecule has 4 nitrogen and oxygen atoms in total. The molecule has 0 amide bonds. The SMILES string of the molecule is Cc1nc2cc(NCCN3CCCCCC3)c(N)cc2s1.